The molecule has 0 aliphatic rings. The predicted octanol–water partition coefficient (Wildman–Crippen LogP) is 0.988. The molecule has 0 aliphatic carbocycles. The Bertz CT molecular complexity index is 438. The number of carbonyl (C=O) groups excluding carboxylic acids is 1. The third-order valence-electron chi connectivity index (χ3n) is 2.62. The lowest BCUT2D eigenvalue weighted by molar-refractivity contribution is 0.0939. The molecule has 1 rings (SSSR count). The van der Waals surface area contributed by atoms with Crippen molar-refractivity contribution in [3.05, 3.63) is 35.4 Å². The van der Waals surface area contributed by atoms with E-state index in [-0.39, 0.29) is 17.9 Å². The van der Waals surface area contributed by atoms with Crippen LogP contribution in [-0.4, -0.2) is 17.9 Å². The maximum atomic E-state index is 11.9. The van der Waals surface area contributed by atoms with Gasteiger partial charge in [-0.25, -0.2) is 4.99 Å². The molecular weight excluding hydrogens is 228 g/mol. The molecule has 1 amide bonds. The van der Waals surface area contributed by atoms with Gasteiger partial charge < -0.3 is 16.8 Å². The summed E-state index contributed by atoms with van der Waals surface area (Å²) in [4.78, 5) is 15.8. The summed E-state index contributed by atoms with van der Waals surface area (Å²) in [6.45, 7) is 4.38. The third-order valence-corrected chi connectivity index (χ3v) is 2.62. The van der Waals surface area contributed by atoms with E-state index in [1.54, 1.807) is 12.1 Å². The molecule has 0 aliphatic heterocycles. The highest BCUT2D eigenvalue weighted by molar-refractivity contribution is 5.94. The van der Waals surface area contributed by atoms with Crippen molar-refractivity contribution in [2.45, 2.75) is 32.9 Å². The number of guanidine groups is 1. The molecule has 0 saturated carbocycles. The molecule has 0 radical (unpaired) electrons. The average molecular weight is 248 g/mol. The number of benzene rings is 1. The predicted molar refractivity (Wildman–Crippen MR) is 73.2 cm³/mol. The number of aliphatic imine (C=N–C) groups is 1. The van der Waals surface area contributed by atoms with Gasteiger partial charge in [0.2, 0.25) is 0 Å². The van der Waals surface area contributed by atoms with Gasteiger partial charge in [-0.05, 0) is 31.0 Å². The Morgan fingerprint density at radius 1 is 1.44 bits per heavy atom. The lowest BCUT2D eigenvalue weighted by atomic mass is 10.1. The molecular formula is C13H20N4O. The Balaban J connectivity index is 2.75. The van der Waals surface area contributed by atoms with Gasteiger partial charge >= 0.3 is 0 Å². The van der Waals surface area contributed by atoms with E-state index in [9.17, 15) is 4.79 Å². The molecule has 0 fully saturated rings. The summed E-state index contributed by atoms with van der Waals surface area (Å²) in [5.41, 5.74) is 12.1. The van der Waals surface area contributed by atoms with Crippen molar-refractivity contribution >= 4 is 11.9 Å². The van der Waals surface area contributed by atoms with Gasteiger partial charge in [0, 0.05) is 11.6 Å². The van der Waals surface area contributed by atoms with E-state index in [1.165, 1.54) is 0 Å². The highest BCUT2D eigenvalue weighted by Gasteiger charge is 2.08. The first-order valence-electron chi connectivity index (χ1n) is 5.98. The number of hydrogen-bond acceptors (Lipinski definition) is 2. The SMILES string of the molecule is CCC(C)NC(=O)c1cccc(CN=C(N)N)c1. The number of amides is 1. The van der Waals surface area contributed by atoms with Crippen molar-refractivity contribution in [3.63, 3.8) is 0 Å². The van der Waals surface area contributed by atoms with Gasteiger partial charge in [-0.2, -0.15) is 0 Å². The summed E-state index contributed by atoms with van der Waals surface area (Å²) in [6, 6.07) is 7.44. The van der Waals surface area contributed by atoms with Crippen molar-refractivity contribution in [2.24, 2.45) is 16.5 Å². The fourth-order valence-electron chi connectivity index (χ4n) is 1.40. The van der Waals surface area contributed by atoms with E-state index in [0.29, 0.717) is 12.1 Å². The Morgan fingerprint density at radius 3 is 2.78 bits per heavy atom. The highest BCUT2D eigenvalue weighted by Crippen LogP contribution is 2.07. The molecule has 1 aromatic rings. The maximum absolute atomic E-state index is 11.9. The molecule has 1 aromatic carbocycles. The van der Waals surface area contributed by atoms with Gasteiger partial charge in [0.05, 0.1) is 6.54 Å². The molecule has 5 N–H and O–H groups in total. The normalized spacial score (nSPS) is 11.7. The van der Waals surface area contributed by atoms with Crippen LogP contribution in [0.1, 0.15) is 36.2 Å². The zero-order chi connectivity index (χ0) is 13.5. The van der Waals surface area contributed by atoms with E-state index in [0.717, 1.165) is 12.0 Å². The third kappa shape index (κ3) is 4.45. The first-order chi connectivity index (χ1) is 8.52. The molecule has 1 atom stereocenters. The van der Waals surface area contributed by atoms with Crippen LogP contribution in [0.5, 0.6) is 0 Å². The van der Waals surface area contributed by atoms with Crippen LogP contribution in [0.25, 0.3) is 0 Å². The van der Waals surface area contributed by atoms with Gasteiger partial charge in [-0.3, -0.25) is 4.79 Å². The summed E-state index contributed by atoms with van der Waals surface area (Å²) in [5.74, 6) is -0.0274. The van der Waals surface area contributed by atoms with E-state index in [1.807, 2.05) is 26.0 Å². The summed E-state index contributed by atoms with van der Waals surface area (Å²) in [7, 11) is 0. The van der Waals surface area contributed by atoms with E-state index >= 15 is 0 Å². The summed E-state index contributed by atoms with van der Waals surface area (Å²) >= 11 is 0. The molecule has 1 unspecified atom stereocenters. The van der Waals surface area contributed by atoms with Crippen LogP contribution in [0.4, 0.5) is 0 Å². The Kier molecular flexibility index (Phi) is 5.17. The van der Waals surface area contributed by atoms with Crippen LogP contribution >= 0.6 is 0 Å². The smallest absolute Gasteiger partial charge is 0.251 e. The van der Waals surface area contributed by atoms with Gasteiger partial charge in [0.25, 0.3) is 5.91 Å². The van der Waals surface area contributed by atoms with Gasteiger partial charge in [-0.1, -0.05) is 19.1 Å². The van der Waals surface area contributed by atoms with Crippen LogP contribution in [0.15, 0.2) is 29.3 Å². The number of rotatable bonds is 5. The van der Waals surface area contributed by atoms with E-state index in [4.69, 9.17) is 11.5 Å². The topological polar surface area (TPSA) is 93.5 Å². The minimum atomic E-state index is -0.0732. The number of nitrogens with two attached hydrogens (primary N) is 2. The van der Waals surface area contributed by atoms with E-state index in [2.05, 4.69) is 10.3 Å². The highest BCUT2D eigenvalue weighted by atomic mass is 16.1. The van der Waals surface area contributed by atoms with Crippen molar-refractivity contribution in [3.8, 4) is 0 Å². The number of carbonyl (C=O) groups is 1. The lowest BCUT2D eigenvalue weighted by Crippen LogP contribution is -2.31. The molecule has 0 heterocycles. The second-order valence-corrected chi connectivity index (χ2v) is 4.22. The fraction of sp³-hybridized carbons (Fsp3) is 0.385. The first kappa shape index (κ1) is 14.0. The van der Waals surface area contributed by atoms with Crippen molar-refractivity contribution in [1.29, 1.82) is 0 Å². The molecule has 5 nitrogen and oxygen atoms in total. The zero-order valence-electron chi connectivity index (χ0n) is 10.8. The second-order valence-electron chi connectivity index (χ2n) is 4.22. The molecule has 0 aromatic heterocycles. The van der Waals surface area contributed by atoms with Gasteiger partial charge in [0.1, 0.15) is 0 Å². The van der Waals surface area contributed by atoms with Gasteiger partial charge in [0.15, 0.2) is 5.96 Å². The van der Waals surface area contributed by atoms with Crippen molar-refractivity contribution < 1.29 is 4.79 Å². The Morgan fingerprint density at radius 2 is 2.17 bits per heavy atom. The average Bonchev–Trinajstić information content (AvgIpc) is 2.36. The minimum Gasteiger partial charge on any atom is -0.370 e. The van der Waals surface area contributed by atoms with E-state index < -0.39 is 0 Å². The zero-order valence-corrected chi connectivity index (χ0v) is 10.8. The maximum Gasteiger partial charge on any atom is 0.251 e. The van der Waals surface area contributed by atoms with Gasteiger partial charge in [-0.15, -0.1) is 0 Å². The van der Waals surface area contributed by atoms with Crippen molar-refractivity contribution in [1.82, 2.24) is 5.32 Å². The van der Waals surface area contributed by atoms with Crippen molar-refractivity contribution in [2.75, 3.05) is 0 Å². The molecule has 98 valence electrons. The lowest BCUT2D eigenvalue weighted by Gasteiger charge is -2.11. The van der Waals surface area contributed by atoms with Crippen LogP contribution < -0.4 is 16.8 Å². The monoisotopic (exact) mass is 248 g/mol. The summed E-state index contributed by atoms with van der Waals surface area (Å²) in [6.07, 6.45) is 0.902. The minimum absolute atomic E-state index is 0.0458. The first-order valence-corrected chi connectivity index (χ1v) is 5.98. The number of nitrogens with one attached hydrogen (secondary N) is 1. The summed E-state index contributed by atoms with van der Waals surface area (Å²) in [5, 5.41) is 2.91. The molecule has 0 bridgehead atoms. The number of nitrogens with zero attached hydrogens (tertiary/aromatic N) is 1. The summed E-state index contributed by atoms with van der Waals surface area (Å²) < 4.78 is 0. The van der Waals surface area contributed by atoms with Crippen LogP contribution in [0, 0.1) is 0 Å². The molecule has 0 spiro atoms. The Labute approximate surface area is 107 Å². The molecule has 0 saturated heterocycles. The number of hydrogen-bond donors (Lipinski definition) is 3. The standard InChI is InChI=1S/C13H20N4O/c1-3-9(2)17-12(18)11-6-4-5-10(7-11)8-16-13(14)15/h4-7,9H,3,8H2,1-2H3,(H,17,18)(H4,14,15,16). The molecule has 18 heavy (non-hydrogen) atoms. The second kappa shape index (κ2) is 6.64. The molecule has 5 heteroatoms. The fourth-order valence-corrected chi connectivity index (χ4v) is 1.40. The quantitative estimate of drug-likeness (QED) is 0.535. The largest absolute Gasteiger partial charge is 0.370 e. The Hall–Kier alpha value is -2.04. The van der Waals surface area contributed by atoms with Crippen LogP contribution in [0.2, 0.25) is 0 Å². The van der Waals surface area contributed by atoms with Crippen LogP contribution in [0.3, 0.4) is 0 Å². The van der Waals surface area contributed by atoms with Crippen LogP contribution in [-0.2, 0) is 6.54 Å².